The van der Waals surface area contributed by atoms with E-state index in [0.29, 0.717) is 11.6 Å². The van der Waals surface area contributed by atoms with Gasteiger partial charge in [-0.05, 0) is 146 Å². The van der Waals surface area contributed by atoms with Crippen LogP contribution in [-0.4, -0.2) is 211 Å². The summed E-state index contributed by atoms with van der Waals surface area (Å²) in [7, 11) is 4.47. The predicted octanol–water partition coefficient (Wildman–Crippen LogP) is 4.27. The number of halogens is 5. The number of nitrogens with one attached hydrogen (secondary N) is 9. The summed E-state index contributed by atoms with van der Waals surface area (Å²) in [4.78, 5) is 136. The molecule has 2 saturated heterocycles. The number of amides is 8. The minimum atomic E-state index is -4.81. The highest BCUT2D eigenvalue weighted by Gasteiger charge is 2.50. The van der Waals surface area contributed by atoms with E-state index in [9.17, 15) is 88.2 Å². The number of hydrogen-bond acceptors (Lipinski definition) is 27. The first-order chi connectivity index (χ1) is 58.5. The monoisotopic (exact) mass is 1770 g/mol. The van der Waals surface area contributed by atoms with Crippen molar-refractivity contribution in [3.8, 4) is 57.1 Å². The van der Waals surface area contributed by atoms with Gasteiger partial charge in [0.1, 0.15) is 95.6 Å². The minimum absolute atomic E-state index is 0.0911. The summed E-state index contributed by atoms with van der Waals surface area (Å²) in [6.45, 7) is 5.48. The molecule has 7 aromatic rings. The largest absolute Gasteiger partial charge is 0.508 e. The zero-order valence-corrected chi connectivity index (χ0v) is 68.5. The molecule has 18 atom stereocenters. The van der Waals surface area contributed by atoms with Crippen molar-refractivity contribution in [2.45, 2.75) is 169 Å². The van der Waals surface area contributed by atoms with Crippen LogP contribution < -0.4 is 72.7 Å². The molecule has 7 heterocycles. The van der Waals surface area contributed by atoms with Crippen LogP contribution in [0.1, 0.15) is 127 Å². The summed E-state index contributed by atoms with van der Waals surface area (Å²) >= 11 is 14.4. The number of rotatable bonds is 19. The molecule has 4 unspecified atom stereocenters. The maximum Gasteiger partial charge on any atom is 0.416 e. The lowest BCUT2D eigenvalue weighted by Crippen LogP contribution is -2.63. The van der Waals surface area contributed by atoms with E-state index in [1.165, 1.54) is 63.3 Å². The zero-order valence-electron chi connectivity index (χ0n) is 67.0. The van der Waals surface area contributed by atoms with Crippen molar-refractivity contribution in [3.63, 3.8) is 0 Å². The number of carbonyl (C=O) groups excluding carboxylic acids is 8. The van der Waals surface area contributed by atoms with Gasteiger partial charge in [0.2, 0.25) is 53.4 Å². The third kappa shape index (κ3) is 20.1. The molecule has 7 aliphatic heterocycles. The molecule has 124 heavy (non-hydrogen) atoms. The lowest BCUT2D eigenvalue weighted by molar-refractivity contribution is -0.277. The number of alkyl halides is 3. The Labute approximate surface area is 714 Å². The third-order valence-corrected chi connectivity index (χ3v) is 22.2. The lowest BCUT2D eigenvalue weighted by atomic mass is 9.84. The number of primary amides is 1. The third-order valence-electron chi connectivity index (χ3n) is 21.6. The average Bonchev–Trinajstić information content (AvgIpc) is 0.802. The first-order valence-corrected chi connectivity index (χ1v) is 39.5. The average molecular weight is 1770 g/mol. The van der Waals surface area contributed by atoms with Crippen LogP contribution in [0.25, 0.3) is 11.1 Å². The molecular formula is C83H90Cl2F3N11O25. The van der Waals surface area contributed by atoms with Gasteiger partial charge in [-0.2, -0.15) is 13.2 Å². The molecule has 11 bridgehead atoms. The van der Waals surface area contributed by atoms with Crippen LogP contribution in [-0.2, 0) is 65.3 Å². The van der Waals surface area contributed by atoms with Crippen LogP contribution in [0.3, 0.4) is 0 Å². The number of phenols is 3. The number of fused-ring (bicyclic) bond motifs is 15. The second-order valence-corrected chi connectivity index (χ2v) is 32.1. The second-order valence-electron chi connectivity index (χ2n) is 31.3. The van der Waals surface area contributed by atoms with E-state index in [4.69, 9.17) is 57.4 Å². The van der Waals surface area contributed by atoms with E-state index in [-0.39, 0.29) is 52.7 Å². The van der Waals surface area contributed by atoms with Crippen molar-refractivity contribution < 1.29 is 136 Å². The number of phenolic OH excluding ortho intramolecular Hbond substituents is 3. The van der Waals surface area contributed by atoms with Crippen molar-refractivity contribution in [3.05, 3.63) is 176 Å². The van der Waals surface area contributed by atoms with Crippen LogP contribution in [0, 0.1) is 5.92 Å². The van der Waals surface area contributed by atoms with Crippen molar-refractivity contribution in [2.24, 2.45) is 11.7 Å². The molecule has 2 fully saturated rings. The number of anilines is 2. The second kappa shape index (κ2) is 37.4. The molecule has 8 amide bonds. The van der Waals surface area contributed by atoms with Crippen LogP contribution in [0.5, 0.6) is 46.0 Å². The van der Waals surface area contributed by atoms with Gasteiger partial charge in [0.25, 0.3) is 5.91 Å². The van der Waals surface area contributed by atoms with Crippen molar-refractivity contribution in [1.29, 1.82) is 0 Å². The minimum Gasteiger partial charge on any atom is -0.508 e. The number of nitrogens with two attached hydrogens (primary N) is 1. The standard InChI is InChI=1S/C83H90Cl2F3N11O25/c1-33(2)17-49(90-5)74(111)97-64-66(105)37-12-15-53(47(84)22-37)120-55-24-39-25-56(71(55)124-81-69(108)68(107)67(106)57(32-100)122-81)121-54-16-13-38(23-48(54)85)70(123-59-30-82(4,72(109)34(3)119-59)91-31-35-9-8-10-42(18-35)92-73(110)40-19-41(83(86,87)88)26-43(20-40)99(6)7)65-79(116)96-63(80(117)118)46-27-44(101)28-52(103)60(46)45-21-36(11-14-51(45)102)61(76(113)98-65)95-77(114)62(39)94-75(112)50(29-58(89)104)93-78(64)115/h8-16,18-28,33-34,49-50,57,59,61-70,72,81,90-91,100-103,105-109H,17,29-32H2,1-7H3,(H2,89,104)(H,92,110)(H,93,115)(H,94,112)(H,95,114)(H,96,116)(H,97,111)(H,98,113)(H,117,118)/t34-,49+,50-,57+,59-,61?,62?,63+,64+,65-,66+,67+,68+,69+,70+,72+,81?,82?/m0/s1. The molecule has 41 heteroatoms. The number of likely N-dealkylation sites (N-methyl/N-ethyl adjacent to an activating group) is 1. The highest BCUT2D eigenvalue weighted by Crippen LogP contribution is 2.50. The summed E-state index contributed by atoms with van der Waals surface area (Å²) in [5.74, 6) is -17.6. The number of hydrogen-bond donors (Lipinski definition) is 20. The van der Waals surface area contributed by atoms with E-state index >= 15 is 19.2 Å². The van der Waals surface area contributed by atoms with E-state index in [0.717, 1.165) is 72.8 Å². The summed E-state index contributed by atoms with van der Waals surface area (Å²) < 4.78 is 81.1. The number of carboxylic acids is 1. The van der Waals surface area contributed by atoms with E-state index in [2.05, 4.69) is 47.9 Å². The Morgan fingerprint density at radius 2 is 1.35 bits per heavy atom. The maximum atomic E-state index is 16.4. The number of carbonyl (C=O) groups is 9. The van der Waals surface area contributed by atoms with Crippen LogP contribution in [0.4, 0.5) is 24.5 Å². The predicted molar refractivity (Wildman–Crippen MR) is 432 cm³/mol. The van der Waals surface area contributed by atoms with Gasteiger partial charge in [0, 0.05) is 72.3 Å². The summed E-state index contributed by atoms with van der Waals surface area (Å²) in [5, 5.41) is 138. The molecular weight excluding hydrogens is 1680 g/mol. The molecule has 0 radical (unpaired) electrons. The smallest absolute Gasteiger partial charge is 0.416 e. The molecule has 0 aromatic heterocycles. The normalized spacial score (nSPS) is 26.2. The van der Waals surface area contributed by atoms with Gasteiger partial charge in [0.15, 0.2) is 23.8 Å². The van der Waals surface area contributed by atoms with Gasteiger partial charge in [-0.3, -0.25) is 38.4 Å². The van der Waals surface area contributed by atoms with E-state index < -0.39 is 272 Å². The molecule has 0 spiro atoms. The van der Waals surface area contributed by atoms with Crippen LogP contribution >= 0.6 is 23.2 Å². The van der Waals surface area contributed by atoms with E-state index in [1.807, 2.05) is 0 Å². The van der Waals surface area contributed by atoms with Crippen LogP contribution in [0.15, 0.2) is 121 Å². The van der Waals surface area contributed by atoms with Gasteiger partial charge in [-0.1, -0.05) is 67.4 Å². The number of carboxylic acid groups (broad SMARTS) is 1. The highest BCUT2D eigenvalue weighted by atomic mass is 35.5. The molecule has 36 nitrogen and oxygen atoms in total. The molecule has 662 valence electrons. The molecule has 7 aliphatic rings. The van der Waals surface area contributed by atoms with Gasteiger partial charge in [-0.15, -0.1) is 0 Å². The van der Waals surface area contributed by atoms with Gasteiger partial charge in [0.05, 0.1) is 46.9 Å². The Bertz CT molecular complexity index is 5310. The lowest BCUT2D eigenvalue weighted by Gasteiger charge is -2.47. The van der Waals surface area contributed by atoms with Gasteiger partial charge < -0.3 is 138 Å². The van der Waals surface area contributed by atoms with E-state index in [1.54, 1.807) is 32.9 Å². The number of aromatic hydroxyl groups is 3. The number of ether oxygens (including phenoxy) is 6. The molecule has 0 aliphatic carbocycles. The fourth-order valence-electron chi connectivity index (χ4n) is 15.1. The van der Waals surface area contributed by atoms with Crippen molar-refractivity contribution >= 4 is 87.8 Å². The SMILES string of the molecule is CN[C@H](CC(C)C)C(=O)N[C@H]1C(=O)N[C@@H](CC(N)=O)C(=O)NC2C(=O)NC3C(=O)N[C@H](C(=O)N[C@@H](C(=O)O)c4cc(O)cc(O)c4-c4cc3ccc4O)[C@H](O[C@H]3CC(C)(NCc4cccc(NC(=O)c5cc(N(C)C)cc(C(F)(F)F)c5)c4)[C@H](O)[C@H](C)O3)c3ccc(c(Cl)c3)Oc3cc2cc(c3OC2O[C@H](CO)[C@@H](O)[C@@H](O)[C@H]2O)Oc2ccc(cc2Cl)[C@H]1O. The first-order valence-electron chi connectivity index (χ1n) is 38.7. The Morgan fingerprint density at radius 3 is 1.98 bits per heavy atom. The summed E-state index contributed by atoms with van der Waals surface area (Å²) in [6, 6.07) is 7.80. The van der Waals surface area contributed by atoms with Crippen molar-refractivity contribution in [2.75, 3.05) is 38.0 Å². The molecule has 14 rings (SSSR count). The molecule has 7 aromatic carbocycles. The summed E-state index contributed by atoms with van der Waals surface area (Å²) in [5.41, 5.74) is 0.471. The van der Waals surface area contributed by atoms with Gasteiger partial charge >= 0.3 is 12.1 Å². The molecule has 21 N–H and O–H groups in total. The number of aliphatic hydroxyl groups excluding tert-OH is 6. The Morgan fingerprint density at radius 1 is 0.710 bits per heavy atom. The Balaban J connectivity index is 1.03. The molecule has 0 saturated carbocycles. The number of aliphatic carboxylic acids is 1. The topological polar surface area (TPSA) is 549 Å². The number of aliphatic hydroxyl groups is 6. The highest BCUT2D eigenvalue weighted by molar-refractivity contribution is 6.32. The van der Waals surface area contributed by atoms with Gasteiger partial charge in [-0.25, -0.2) is 4.79 Å². The fraction of sp³-hybridized carbons (Fsp3) is 0.386. The van der Waals surface area contributed by atoms with Crippen LogP contribution in [0.2, 0.25) is 10.0 Å². The number of nitrogens with zero attached hydrogens (tertiary/aromatic N) is 1. The van der Waals surface area contributed by atoms with Crippen molar-refractivity contribution in [1.82, 2.24) is 42.5 Å². The maximum absolute atomic E-state index is 16.4. The summed E-state index contributed by atoms with van der Waals surface area (Å²) in [6.07, 6.45) is -24.8. The Hall–Kier alpha value is -11.7. The fourth-order valence-corrected chi connectivity index (χ4v) is 15.5. The first kappa shape index (κ1) is 91.5. The zero-order chi connectivity index (χ0) is 90.2. The number of benzene rings is 7. The Kier molecular flexibility index (Phi) is 27.6. The quantitative estimate of drug-likeness (QED) is 0.0537.